The molecule has 0 fully saturated rings. The standard InChI is InChI=1S/C22H18N2O4/c25-21(14-24-19-8-4-5-9-20(19)27-15-22(24)26)23-16-10-12-18(13-11-16)28-17-6-2-1-3-7-17/h1-13H,14-15H2,(H,23,25). The van der Waals surface area contributed by atoms with E-state index < -0.39 is 0 Å². The molecule has 4 rings (SSSR count). The lowest BCUT2D eigenvalue weighted by atomic mass is 10.2. The highest BCUT2D eigenvalue weighted by Gasteiger charge is 2.26. The van der Waals surface area contributed by atoms with Gasteiger partial charge in [-0.3, -0.25) is 14.5 Å². The second-order valence-electron chi connectivity index (χ2n) is 6.22. The maximum atomic E-state index is 12.4. The molecule has 0 saturated carbocycles. The van der Waals surface area contributed by atoms with Crippen molar-refractivity contribution in [3.63, 3.8) is 0 Å². The number of amides is 2. The number of ether oxygens (including phenoxy) is 2. The molecule has 0 aliphatic carbocycles. The second-order valence-corrected chi connectivity index (χ2v) is 6.22. The van der Waals surface area contributed by atoms with E-state index in [4.69, 9.17) is 9.47 Å². The Morgan fingerprint density at radius 2 is 1.61 bits per heavy atom. The maximum absolute atomic E-state index is 12.4. The summed E-state index contributed by atoms with van der Waals surface area (Å²) in [5.41, 5.74) is 1.22. The number of rotatable bonds is 5. The summed E-state index contributed by atoms with van der Waals surface area (Å²) >= 11 is 0. The zero-order chi connectivity index (χ0) is 19.3. The van der Waals surface area contributed by atoms with E-state index in [9.17, 15) is 9.59 Å². The van der Waals surface area contributed by atoms with Gasteiger partial charge in [-0.1, -0.05) is 30.3 Å². The number of hydrogen-bond acceptors (Lipinski definition) is 4. The minimum Gasteiger partial charge on any atom is -0.482 e. The number of para-hydroxylation sites is 3. The lowest BCUT2D eigenvalue weighted by Gasteiger charge is -2.28. The number of fused-ring (bicyclic) bond motifs is 1. The highest BCUT2D eigenvalue weighted by Crippen LogP contribution is 2.31. The Kier molecular flexibility index (Phi) is 4.93. The Morgan fingerprint density at radius 3 is 2.39 bits per heavy atom. The van der Waals surface area contributed by atoms with Crippen LogP contribution in [-0.4, -0.2) is 25.0 Å². The van der Waals surface area contributed by atoms with Crippen molar-refractivity contribution in [2.75, 3.05) is 23.4 Å². The molecule has 0 spiro atoms. The number of nitrogens with zero attached hydrogens (tertiary/aromatic N) is 1. The molecule has 1 aliphatic rings. The molecular weight excluding hydrogens is 356 g/mol. The molecule has 1 aliphatic heterocycles. The van der Waals surface area contributed by atoms with E-state index in [1.807, 2.05) is 36.4 Å². The molecule has 0 bridgehead atoms. The monoisotopic (exact) mass is 374 g/mol. The molecule has 3 aromatic carbocycles. The van der Waals surface area contributed by atoms with Crippen LogP contribution in [0.3, 0.4) is 0 Å². The van der Waals surface area contributed by atoms with Crippen LogP contribution >= 0.6 is 0 Å². The summed E-state index contributed by atoms with van der Waals surface area (Å²) in [5.74, 6) is 1.46. The highest BCUT2D eigenvalue weighted by molar-refractivity contribution is 6.04. The van der Waals surface area contributed by atoms with E-state index in [2.05, 4.69) is 5.32 Å². The Hall–Kier alpha value is -3.80. The quantitative estimate of drug-likeness (QED) is 0.737. The average Bonchev–Trinajstić information content (AvgIpc) is 2.72. The SMILES string of the molecule is O=C(CN1C(=O)COc2ccccc21)Nc1ccc(Oc2ccccc2)cc1. The summed E-state index contributed by atoms with van der Waals surface area (Å²) in [7, 11) is 0. The number of benzene rings is 3. The first-order valence-corrected chi connectivity index (χ1v) is 8.84. The Morgan fingerprint density at radius 1 is 0.929 bits per heavy atom. The molecule has 6 nitrogen and oxygen atoms in total. The number of nitrogens with one attached hydrogen (secondary N) is 1. The lowest BCUT2D eigenvalue weighted by molar-refractivity contribution is -0.123. The normalized spacial score (nSPS) is 12.7. The summed E-state index contributed by atoms with van der Waals surface area (Å²) in [6, 6.07) is 23.7. The number of hydrogen-bond donors (Lipinski definition) is 1. The first-order chi connectivity index (χ1) is 13.7. The Balaban J connectivity index is 1.39. The van der Waals surface area contributed by atoms with Crippen LogP contribution in [0, 0.1) is 0 Å². The molecule has 0 unspecified atom stereocenters. The molecule has 3 aromatic rings. The van der Waals surface area contributed by atoms with Gasteiger partial charge < -0.3 is 14.8 Å². The van der Waals surface area contributed by atoms with Gasteiger partial charge in [0.05, 0.1) is 5.69 Å². The van der Waals surface area contributed by atoms with Gasteiger partial charge in [-0.15, -0.1) is 0 Å². The molecule has 0 atom stereocenters. The molecule has 6 heteroatoms. The molecule has 0 aromatic heterocycles. The molecule has 1 N–H and O–H groups in total. The summed E-state index contributed by atoms with van der Waals surface area (Å²) in [6.45, 7) is -0.155. The summed E-state index contributed by atoms with van der Waals surface area (Å²) in [6.07, 6.45) is 0. The van der Waals surface area contributed by atoms with Gasteiger partial charge in [-0.2, -0.15) is 0 Å². The van der Waals surface area contributed by atoms with E-state index in [0.717, 1.165) is 5.75 Å². The van der Waals surface area contributed by atoms with Crippen LogP contribution in [0.15, 0.2) is 78.9 Å². The van der Waals surface area contributed by atoms with Gasteiger partial charge in [0.15, 0.2) is 6.61 Å². The fourth-order valence-corrected chi connectivity index (χ4v) is 2.90. The number of carbonyl (C=O) groups excluding carboxylic acids is 2. The van der Waals surface area contributed by atoms with Crippen molar-refractivity contribution in [3.05, 3.63) is 78.9 Å². The smallest absolute Gasteiger partial charge is 0.265 e. The lowest BCUT2D eigenvalue weighted by Crippen LogP contribution is -2.43. The first kappa shape index (κ1) is 17.6. The van der Waals surface area contributed by atoms with E-state index in [-0.39, 0.29) is 25.0 Å². The van der Waals surface area contributed by atoms with Crippen molar-refractivity contribution in [1.29, 1.82) is 0 Å². The molecule has 0 saturated heterocycles. The first-order valence-electron chi connectivity index (χ1n) is 8.84. The van der Waals surface area contributed by atoms with Gasteiger partial charge in [-0.05, 0) is 48.5 Å². The minimum atomic E-state index is -0.290. The third-order valence-corrected chi connectivity index (χ3v) is 4.23. The average molecular weight is 374 g/mol. The zero-order valence-corrected chi connectivity index (χ0v) is 15.0. The Labute approximate surface area is 162 Å². The molecule has 1 heterocycles. The van der Waals surface area contributed by atoms with Crippen LogP contribution in [0.5, 0.6) is 17.2 Å². The molecule has 28 heavy (non-hydrogen) atoms. The van der Waals surface area contributed by atoms with Gasteiger partial charge >= 0.3 is 0 Å². The van der Waals surface area contributed by atoms with Crippen molar-refractivity contribution in [2.45, 2.75) is 0 Å². The van der Waals surface area contributed by atoms with Crippen molar-refractivity contribution < 1.29 is 19.1 Å². The predicted octanol–water partition coefficient (Wildman–Crippen LogP) is 3.84. The van der Waals surface area contributed by atoms with Crippen molar-refractivity contribution in [2.24, 2.45) is 0 Å². The van der Waals surface area contributed by atoms with Crippen molar-refractivity contribution in [3.8, 4) is 17.2 Å². The second kappa shape index (κ2) is 7.84. The van der Waals surface area contributed by atoms with E-state index >= 15 is 0 Å². The fourth-order valence-electron chi connectivity index (χ4n) is 2.90. The molecule has 2 amide bonds. The van der Waals surface area contributed by atoms with E-state index in [1.165, 1.54) is 4.90 Å². The zero-order valence-electron chi connectivity index (χ0n) is 15.0. The molecule has 140 valence electrons. The van der Waals surface area contributed by atoms with Crippen molar-refractivity contribution in [1.82, 2.24) is 0 Å². The summed E-state index contributed by atoms with van der Waals surface area (Å²) in [4.78, 5) is 26.0. The maximum Gasteiger partial charge on any atom is 0.265 e. The highest BCUT2D eigenvalue weighted by atomic mass is 16.5. The van der Waals surface area contributed by atoms with Crippen LogP contribution in [0.1, 0.15) is 0 Å². The minimum absolute atomic E-state index is 0.0736. The van der Waals surface area contributed by atoms with Gasteiger partial charge in [0.2, 0.25) is 5.91 Å². The fraction of sp³-hybridized carbons (Fsp3) is 0.0909. The van der Waals surface area contributed by atoms with Crippen LogP contribution in [0.4, 0.5) is 11.4 Å². The third-order valence-electron chi connectivity index (χ3n) is 4.23. The number of anilines is 2. The predicted molar refractivity (Wildman–Crippen MR) is 106 cm³/mol. The topological polar surface area (TPSA) is 67.9 Å². The van der Waals surface area contributed by atoms with E-state index in [0.29, 0.717) is 22.9 Å². The largest absolute Gasteiger partial charge is 0.482 e. The Bertz CT molecular complexity index is 987. The number of carbonyl (C=O) groups is 2. The van der Waals surface area contributed by atoms with Gasteiger partial charge in [0, 0.05) is 5.69 Å². The van der Waals surface area contributed by atoms with Gasteiger partial charge in [-0.25, -0.2) is 0 Å². The summed E-state index contributed by atoms with van der Waals surface area (Å²) < 4.78 is 11.1. The van der Waals surface area contributed by atoms with Gasteiger partial charge in [0.1, 0.15) is 23.8 Å². The van der Waals surface area contributed by atoms with Crippen molar-refractivity contribution >= 4 is 23.2 Å². The van der Waals surface area contributed by atoms with Crippen LogP contribution in [0.25, 0.3) is 0 Å². The van der Waals surface area contributed by atoms with Gasteiger partial charge in [0.25, 0.3) is 5.91 Å². The van der Waals surface area contributed by atoms with Crippen LogP contribution in [0.2, 0.25) is 0 Å². The third kappa shape index (κ3) is 3.96. The molecular formula is C22H18N2O4. The van der Waals surface area contributed by atoms with Crippen LogP contribution < -0.4 is 19.7 Å². The van der Waals surface area contributed by atoms with E-state index in [1.54, 1.807) is 42.5 Å². The van der Waals surface area contributed by atoms with Crippen LogP contribution in [-0.2, 0) is 9.59 Å². The summed E-state index contributed by atoms with van der Waals surface area (Å²) in [5, 5.41) is 2.80. The molecule has 0 radical (unpaired) electrons.